The molecule has 2 heterocycles. The molecule has 1 aliphatic heterocycles. The molecule has 0 bridgehead atoms. The zero-order chi connectivity index (χ0) is 16.7. The van der Waals surface area contributed by atoms with Gasteiger partial charge in [-0.05, 0) is 0 Å². The predicted octanol–water partition coefficient (Wildman–Crippen LogP) is 2.50. The second-order valence-corrected chi connectivity index (χ2v) is 8.69. The van der Waals surface area contributed by atoms with Crippen LogP contribution in [0.15, 0.2) is 73.1 Å². The van der Waals surface area contributed by atoms with Crippen molar-refractivity contribution in [2.75, 3.05) is 11.9 Å². The standard InChI is InChI=1S/C20H18N2OSe/c1-15-10-11-18-17(14-15)20(19(23)21(18)2,22-12-6-7-13-22)24-16-8-4-3-5-9-16/h3-14H,1-2H3. The number of aryl methyl sites for hydroxylation is 1. The molecule has 1 amide bonds. The van der Waals surface area contributed by atoms with E-state index in [0.717, 1.165) is 11.3 Å². The van der Waals surface area contributed by atoms with Crippen LogP contribution in [0.25, 0.3) is 0 Å². The number of anilines is 1. The molecule has 0 fully saturated rings. The molecule has 3 aromatic rings. The molecule has 1 unspecified atom stereocenters. The van der Waals surface area contributed by atoms with E-state index >= 15 is 0 Å². The maximum absolute atomic E-state index is 13.4. The minimum absolute atomic E-state index is 0.0718. The Morgan fingerprint density at radius 2 is 1.67 bits per heavy atom. The van der Waals surface area contributed by atoms with Crippen LogP contribution in [-0.4, -0.2) is 32.5 Å². The van der Waals surface area contributed by atoms with Gasteiger partial charge in [0.25, 0.3) is 0 Å². The Hall–Kier alpha value is -2.29. The monoisotopic (exact) mass is 382 g/mol. The van der Waals surface area contributed by atoms with E-state index in [2.05, 4.69) is 41.8 Å². The second kappa shape index (κ2) is 5.66. The molecule has 0 spiro atoms. The second-order valence-electron chi connectivity index (χ2n) is 6.03. The van der Waals surface area contributed by atoms with Crippen LogP contribution in [0.2, 0.25) is 0 Å². The van der Waals surface area contributed by atoms with Crippen LogP contribution in [0, 0.1) is 6.92 Å². The van der Waals surface area contributed by atoms with Gasteiger partial charge >= 0.3 is 148 Å². The van der Waals surface area contributed by atoms with Crippen LogP contribution in [0.1, 0.15) is 11.1 Å². The van der Waals surface area contributed by atoms with Crippen molar-refractivity contribution in [3.8, 4) is 0 Å². The first-order chi connectivity index (χ1) is 11.6. The maximum atomic E-state index is 13.4. The third-order valence-electron chi connectivity index (χ3n) is 4.45. The Morgan fingerprint density at radius 1 is 0.958 bits per heavy atom. The number of rotatable bonds is 3. The first-order valence-electron chi connectivity index (χ1n) is 7.90. The molecular formula is C20H18N2OSe. The van der Waals surface area contributed by atoms with E-state index in [1.54, 1.807) is 4.90 Å². The van der Waals surface area contributed by atoms with Gasteiger partial charge in [-0.3, -0.25) is 0 Å². The van der Waals surface area contributed by atoms with Crippen molar-refractivity contribution in [3.63, 3.8) is 0 Å². The average Bonchev–Trinajstić information content (AvgIpc) is 3.19. The van der Waals surface area contributed by atoms with Crippen molar-refractivity contribution in [2.24, 2.45) is 0 Å². The summed E-state index contributed by atoms with van der Waals surface area (Å²) in [6, 6.07) is 20.6. The predicted molar refractivity (Wildman–Crippen MR) is 97.9 cm³/mol. The third kappa shape index (κ3) is 2.15. The molecule has 24 heavy (non-hydrogen) atoms. The van der Waals surface area contributed by atoms with E-state index in [4.69, 9.17) is 0 Å². The first kappa shape index (κ1) is 15.2. The van der Waals surface area contributed by atoms with Crippen molar-refractivity contribution >= 4 is 31.0 Å². The number of benzene rings is 2. The molecule has 3 nitrogen and oxygen atoms in total. The summed E-state index contributed by atoms with van der Waals surface area (Å²) in [4.78, 5) is 15.2. The van der Waals surface area contributed by atoms with Gasteiger partial charge in [0.05, 0.1) is 0 Å². The summed E-state index contributed by atoms with van der Waals surface area (Å²) in [5, 5.41) is 0. The number of hydrogen-bond acceptors (Lipinski definition) is 1. The van der Waals surface area contributed by atoms with Crippen LogP contribution in [-0.2, 0) is 9.23 Å². The zero-order valence-electron chi connectivity index (χ0n) is 13.6. The van der Waals surface area contributed by atoms with Crippen molar-refractivity contribution in [1.29, 1.82) is 0 Å². The van der Waals surface area contributed by atoms with E-state index in [1.807, 2.05) is 49.8 Å². The molecule has 120 valence electrons. The Labute approximate surface area is 148 Å². The topological polar surface area (TPSA) is 25.2 Å². The average molecular weight is 381 g/mol. The van der Waals surface area contributed by atoms with Gasteiger partial charge in [-0.15, -0.1) is 0 Å². The van der Waals surface area contributed by atoms with Gasteiger partial charge in [0.15, 0.2) is 0 Å². The summed E-state index contributed by atoms with van der Waals surface area (Å²) in [6.07, 6.45) is 4.02. The van der Waals surface area contributed by atoms with Crippen molar-refractivity contribution in [3.05, 3.63) is 84.2 Å². The van der Waals surface area contributed by atoms with Gasteiger partial charge in [-0.25, -0.2) is 0 Å². The number of hydrogen-bond donors (Lipinski definition) is 0. The number of nitrogens with zero attached hydrogens (tertiary/aromatic N) is 2. The van der Waals surface area contributed by atoms with E-state index in [1.165, 1.54) is 10.0 Å². The van der Waals surface area contributed by atoms with E-state index in [9.17, 15) is 4.79 Å². The van der Waals surface area contributed by atoms with Crippen LogP contribution in [0.3, 0.4) is 0 Å². The Morgan fingerprint density at radius 3 is 2.38 bits per heavy atom. The molecule has 0 aliphatic carbocycles. The Balaban J connectivity index is 1.98. The van der Waals surface area contributed by atoms with Gasteiger partial charge in [-0.1, -0.05) is 0 Å². The van der Waals surface area contributed by atoms with Crippen molar-refractivity contribution in [2.45, 2.75) is 11.4 Å². The quantitative estimate of drug-likeness (QED) is 0.640. The van der Waals surface area contributed by atoms with Gasteiger partial charge < -0.3 is 0 Å². The van der Waals surface area contributed by atoms with Crippen molar-refractivity contribution < 1.29 is 4.79 Å². The third-order valence-corrected chi connectivity index (χ3v) is 7.41. The zero-order valence-corrected chi connectivity index (χ0v) is 15.4. The fourth-order valence-electron chi connectivity index (χ4n) is 3.27. The van der Waals surface area contributed by atoms with E-state index in [0.29, 0.717) is 0 Å². The number of carbonyl (C=O) groups is 1. The molecule has 0 saturated carbocycles. The van der Waals surface area contributed by atoms with Gasteiger partial charge in [0.1, 0.15) is 0 Å². The summed E-state index contributed by atoms with van der Waals surface area (Å²) < 4.78 is 2.65. The fraction of sp³-hybridized carbons (Fsp3) is 0.150. The fourth-order valence-corrected chi connectivity index (χ4v) is 6.12. The van der Waals surface area contributed by atoms with Crippen LogP contribution >= 0.6 is 0 Å². The summed E-state index contributed by atoms with van der Waals surface area (Å²) in [5.74, 6) is 0.142. The Kier molecular flexibility index (Phi) is 3.59. The van der Waals surface area contributed by atoms with Crippen LogP contribution in [0.4, 0.5) is 5.69 Å². The molecule has 0 N–H and O–H groups in total. The summed E-state index contributed by atoms with van der Waals surface area (Å²) in [7, 11) is 1.88. The molecule has 2 aromatic carbocycles. The number of likely N-dealkylation sites (N-methyl/N-ethyl adjacent to an activating group) is 1. The van der Waals surface area contributed by atoms with E-state index in [-0.39, 0.29) is 20.9 Å². The molecule has 0 radical (unpaired) electrons. The normalized spacial score (nSPS) is 19.6. The summed E-state index contributed by atoms with van der Waals surface area (Å²) >= 11 is -0.0718. The van der Waals surface area contributed by atoms with Crippen molar-refractivity contribution in [1.82, 2.24) is 4.57 Å². The number of fused-ring (bicyclic) bond motifs is 1. The van der Waals surface area contributed by atoms with E-state index < -0.39 is 4.44 Å². The molecule has 4 heteroatoms. The number of carbonyl (C=O) groups excluding carboxylic acids is 1. The molecular weight excluding hydrogens is 363 g/mol. The first-order valence-corrected chi connectivity index (χ1v) is 9.61. The number of aromatic nitrogens is 1. The van der Waals surface area contributed by atoms with Crippen LogP contribution < -0.4 is 9.36 Å². The van der Waals surface area contributed by atoms with Gasteiger partial charge in [0.2, 0.25) is 0 Å². The molecule has 1 aliphatic rings. The number of amides is 1. The summed E-state index contributed by atoms with van der Waals surface area (Å²) in [6.45, 7) is 2.08. The SMILES string of the molecule is Cc1ccc2c(c1)C([Se]c1ccccc1)(n1cccc1)C(=O)N2C. The molecule has 1 aromatic heterocycles. The van der Waals surface area contributed by atoms with Crippen LogP contribution in [0.5, 0.6) is 0 Å². The van der Waals surface area contributed by atoms with Gasteiger partial charge in [-0.2, -0.15) is 0 Å². The minimum atomic E-state index is -0.659. The Bertz CT molecular complexity index is 889. The molecule has 4 rings (SSSR count). The molecule has 1 atom stereocenters. The molecule has 0 saturated heterocycles. The van der Waals surface area contributed by atoms with Gasteiger partial charge in [0, 0.05) is 0 Å². The summed E-state index contributed by atoms with van der Waals surface area (Å²) in [5.41, 5.74) is 3.30.